The summed E-state index contributed by atoms with van der Waals surface area (Å²) in [6.45, 7) is 4.14. The molecule has 0 N–H and O–H groups in total. The van der Waals surface area contributed by atoms with Crippen LogP contribution in [0.1, 0.15) is 48.8 Å². The fraction of sp³-hybridized carbons (Fsp3) is 0.448. The second-order valence-corrected chi connectivity index (χ2v) is 11.8. The highest BCUT2D eigenvalue weighted by Crippen LogP contribution is 2.31. The quantitative estimate of drug-likeness (QED) is 0.254. The van der Waals surface area contributed by atoms with Gasteiger partial charge in [0.2, 0.25) is 5.89 Å². The number of nitrogens with zero attached hydrogens (tertiary/aromatic N) is 3. The molecule has 1 saturated heterocycles. The van der Waals surface area contributed by atoms with Crippen LogP contribution in [-0.4, -0.2) is 60.8 Å². The average Bonchev–Trinajstić information content (AvgIpc) is 3.33. The molecule has 1 aromatic heterocycles. The first-order valence-corrected chi connectivity index (χ1v) is 15.1. The van der Waals surface area contributed by atoms with Crippen molar-refractivity contribution < 1.29 is 40.3 Å². The van der Waals surface area contributed by atoms with Crippen LogP contribution in [0.3, 0.4) is 0 Å². The number of aryl methyl sites for hydroxylation is 1. The van der Waals surface area contributed by atoms with Crippen LogP contribution in [0.4, 0.5) is 13.2 Å². The summed E-state index contributed by atoms with van der Waals surface area (Å²) in [5.74, 6) is 0.627. The summed E-state index contributed by atoms with van der Waals surface area (Å²) in [5, 5.41) is 0. The predicted octanol–water partition coefficient (Wildman–Crippen LogP) is 5.39. The minimum Gasteiger partial charge on any atom is -0.493 e. The molecule has 0 bridgehead atoms. The van der Waals surface area contributed by atoms with E-state index in [-0.39, 0.29) is 25.6 Å². The van der Waals surface area contributed by atoms with Crippen molar-refractivity contribution in [2.45, 2.75) is 52.3 Å². The molecule has 1 fully saturated rings. The van der Waals surface area contributed by atoms with Gasteiger partial charge in [0.15, 0.2) is 0 Å². The van der Waals surface area contributed by atoms with E-state index in [2.05, 4.69) is 4.98 Å². The summed E-state index contributed by atoms with van der Waals surface area (Å²) in [6, 6.07) is 11.5. The first-order chi connectivity index (χ1) is 20.0. The van der Waals surface area contributed by atoms with Crippen molar-refractivity contribution in [2.24, 2.45) is 0 Å². The van der Waals surface area contributed by atoms with E-state index in [0.717, 1.165) is 35.7 Å². The second-order valence-electron chi connectivity index (χ2n) is 9.88. The Labute approximate surface area is 243 Å². The van der Waals surface area contributed by atoms with Crippen molar-refractivity contribution in [3.63, 3.8) is 0 Å². The highest BCUT2D eigenvalue weighted by atomic mass is 32.2. The van der Waals surface area contributed by atoms with Crippen LogP contribution in [0.15, 0.2) is 52.9 Å². The first-order valence-electron chi connectivity index (χ1n) is 13.7. The Bertz CT molecular complexity index is 1450. The fourth-order valence-electron chi connectivity index (χ4n) is 4.62. The number of ether oxygens (including phenoxy) is 2. The number of oxazole rings is 1. The summed E-state index contributed by atoms with van der Waals surface area (Å²) in [4.78, 5) is 16.7. The number of carbonyl (C=O) groups is 1. The van der Waals surface area contributed by atoms with Gasteiger partial charge in [-0.2, -0.15) is 30.2 Å². The lowest BCUT2D eigenvalue weighted by atomic mass is 10.1. The van der Waals surface area contributed by atoms with Gasteiger partial charge in [-0.15, -0.1) is 0 Å². The number of aromatic nitrogens is 1. The molecule has 0 unspecified atom stereocenters. The van der Waals surface area contributed by atoms with Crippen LogP contribution in [0.25, 0.3) is 11.5 Å². The third-order valence-electron chi connectivity index (χ3n) is 6.80. The van der Waals surface area contributed by atoms with Crippen LogP contribution in [0.5, 0.6) is 5.75 Å². The van der Waals surface area contributed by atoms with Gasteiger partial charge >= 0.3 is 12.1 Å². The Balaban J connectivity index is 1.40. The average molecular weight is 610 g/mol. The van der Waals surface area contributed by atoms with E-state index in [0.29, 0.717) is 47.8 Å². The number of rotatable bonds is 12. The van der Waals surface area contributed by atoms with Gasteiger partial charge in [0.1, 0.15) is 18.1 Å². The molecule has 9 nitrogen and oxygen atoms in total. The maximum Gasteiger partial charge on any atom is 0.416 e. The number of hydrogen-bond donors (Lipinski definition) is 0. The van der Waals surface area contributed by atoms with Crippen LogP contribution in [-0.2, 0) is 38.9 Å². The first kappa shape index (κ1) is 31.5. The Morgan fingerprint density at radius 2 is 1.81 bits per heavy atom. The number of halogens is 3. The molecule has 3 aromatic rings. The standard InChI is InChI=1S/C29H34F3N3O6S/c1-3-39-27(36)20-35(42(37,38)34-15-5-4-6-16-34)19-22-8-7-9-25(18-22)40-17-14-26-21(2)41-28(33-26)23-10-12-24(13-11-23)29(30,31)32/h7-13,18H,3-6,14-17,19-20H2,1-2H3. The minimum absolute atomic E-state index is 0.0340. The highest BCUT2D eigenvalue weighted by molar-refractivity contribution is 7.86. The molecule has 2 heterocycles. The molecular formula is C29H34F3N3O6S. The zero-order valence-corrected chi connectivity index (χ0v) is 24.3. The Morgan fingerprint density at radius 3 is 2.48 bits per heavy atom. The van der Waals surface area contributed by atoms with Gasteiger partial charge in [-0.25, -0.2) is 4.98 Å². The molecule has 0 aliphatic carbocycles. The van der Waals surface area contributed by atoms with Crippen molar-refractivity contribution in [3.05, 3.63) is 71.1 Å². The van der Waals surface area contributed by atoms with E-state index >= 15 is 0 Å². The van der Waals surface area contributed by atoms with Crippen LogP contribution < -0.4 is 4.74 Å². The number of hydrogen-bond acceptors (Lipinski definition) is 7. The van der Waals surface area contributed by atoms with E-state index < -0.39 is 34.5 Å². The van der Waals surface area contributed by atoms with E-state index in [1.165, 1.54) is 16.4 Å². The summed E-state index contributed by atoms with van der Waals surface area (Å²) in [7, 11) is -3.89. The van der Waals surface area contributed by atoms with Crippen LogP contribution in [0.2, 0.25) is 0 Å². The Morgan fingerprint density at radius 1 is 1.10 bits per heavy atom. The summed E-state index contributed by atoms with van der Waals surface area (Å²) in [5.41, 5.74) is 0.921. The third-order valence-corrected chi connectivity index (χ3v) is 8.72. The molecule has 42 heavy (non-hydrogen) atoms. The lowest BCUT2D eigenvalue weighted by molar-refractivity contribution is -0.143. The van der Waals surface area contributed by atoms with Gasteiger partial charge in [0.05, 0.1) is 24.5 Å². The summed E-state index contributed by atoms with van der Waals surface area (Å²) in [6.07, 6.45) is -1.54. The number of alkyl halides is 3. The number of piperidine rings is 1. The molecule has 1 aliphatic rings. The number of benzene rings is 2. The van der Waals surface area contributed by atoms with Crippen molar-refractivity contribution in [1.82, 2.24) is 13.6 Å². The lowest BCUT2D eigenvalue weighted by Crippen LogP contribution is -2.47. The van der Waals surface area contributed by atoms with Crippen molar-refractivity contribution in [1.29, 1.82) is 0 Å². The third kappa shape index (κ3) is 8.11. The van der Waals surface area contributed by atoms with Gasteiger partial charge in [0.25, 0.3) is 10.2 Å². The Kier molecular flexibility index (Phi) is 10.3. The zero-order valence-electron chi connectivity index (χ0n) is 23.5. The molecule has 13 heteroatoms. The zero-order chi connectivity index (χ0) is 30.3. The SMILES string of the molecule is CCOC(=O)CN(Cc1cccc(OCCc2nc(-c3ccc(C(F)(F)F)cc3)oc2C)c1)S(=O)(=O)N1CCCCC1. The molecular weight excluding hydrogens is 575 g/mol. The topological polar surface area (TPSA) is 102 Å². The molecule has 228 valence electrons. The highest BCUT2D eigenvalue weighted by Gasteiger charge is 2.33. The smallest absolute Gasteiger partial charge is 0.416 e. The van der Waals surface area contributed by atoms with Crippen molar-refractivity contribution in [3.8, 4) is 17.2 Å². The van der Waals surface area contributed by atoms with Crippen LogP contribution in [0, 0.1) is 6.92 Å². The lowest BCUT2D eigenvalue weighted by Gasteiger charge is -2.31. The predicted molar refractivity (Wildman–Crippen MR) is 149 cm³/mol. The van der Waals surface area contributed by atoms with E-state index in [4.69, 9.17) is 13.9 Å². The largest absolute Gasteiger partial charge is 0.493 e. The normalized spacial score (nSPS) is 14.7. The van der Waals surface area contributed by atoms with Gasteiger partial charge in [-0.3, -0.25) is 4.79 Å². The van der Waals surface area contributed by atoms with E-state index in [1.807, 2.05) is 0 Å². The van der Waals surface area contributed by atoms with Crippen LogP contribution >= 0.6 is 0 Å². The minimum atomic E-state index is -4.43. The number of carbonyl (C=O) groups excluding carboxylic acids is 1. The van der Waals surface area contributed by atoms with Crippen molar-refractivity contribution >= 4 is 16.2 Å². The van der Waals surface area contributed by atoms with E-state index in [1.54, 1.807) is 38.1 Å². The fourth-order valence-corrected chi connectivity index (χ4v) is 6.24. The number of esters is 1. The molecule has 0 saturated carbocycles. The molecule has 2 aromatic carbocycles. The van der Waals surface area contributed by atoms with Gasteiger partial charge in [0, 0.05) is 31.6 Å². The molecule has 4 rings (SSSR count). The summed E-state index contributed by atoms with van der Waals surface area (Å²) >= 11 is 0. The maximum atomic E-state index is 13.4. The molecule has 1 aliphatic heterocycles. The molecule has 0 amide bonds. The van der Waals surface area contributed by atoms with Gasteiger partial charge in [-0.1, -0.05) is 18.6 Å². The van der Waals surface area contributed by atoms with Crippen molar-refractivity contribution in [2.75, 3.05) is 32.8 Å². The van der Waals surface area contributed by atoms with Gasteiger partial charge < -0.3 is 13.9 Å². The van der Waals surface area contributed by atoms with Gasteiger partial charge in [-0.05, 0) is 68.7 Å². The molecule has 0 atom stereocenters. The molecule has 0 spiro atoms. The summed E-state index contributed by atoms with van der Waals surface area (Å²) < 4.78 is 84.5. The monoisotopic (exact) mass is 609 g/mol. The maximum absolute atomic E-state index is 13.4. The van der Waals surface area contributed by atoms with E-state index in [9.17, 15) is 26.4 Å². The second kappa shape index (κ2) is 13.7. The molecule has 0 radical (unpaired) electrons. The Hall–Kier alpha value is -3.42.